The summed E-state index contributed by atoms with van der Waals surface area (Å²) >= 11 is 12.1. The predicted octanol–water partition coefficient (Wildman–Crippen LogP) is 5.81. The van der Waals surface area contributed by atoms with E-state index >= 15 is 0 Å². The maximum absolute atomic E-state index is 12.9. The van der Waals surface area contributed by atoms with E-state index in [4.69, 9.17) is 23.2 Å². The lowest BCUT2D eigenvalue weighted by Crippen LogP contribution is -2.45. The Balaban J connectivity index is 1.59. The summed E-state index contributed by atoms with van der Waals surface area (Å²) < 4.78 is 0. The van der Waals surface area contributed by atoms with Crippen LogP contribution in [0.1, 0.15) is 49.8 Å². The van der Waals surface area contributed by atoms with Crippen molar-refractivity contribution >= 4 is 46.9 Å². The highest BCUT2D eigenvalue weighted by atomic mass is 35.5. The normalized spacial score (nSPS) is 21.5. The van der Waals surface area contributed by atoms with Crippen molar-refractivity contribution in [2.75, 3.05) is 11.9 Å². The van der Waals surface area contributed by atoms with Crippen LogP contribution in [0.15, 0.2) is 42.1 Å². The third-order valence-corrected chi connectivity index (χ3v) is 6.86. The molecule has 2 aliphatic heterocycles. The summed E-state index contributed by atoms with van der Waals surface area (Å²) in [7, 11) is 2.11. The van der Waals surface area contributed by atoms with Crippen LogP contribution in [0.5, 0.6) is 0 Å². The number of amides is 3. The van der Waals surface area contributed by atoms with Crippen molar-refractivity contribution in [2.45, 2.75) is 45.2 Å². The highest BCUT2D eigenvalue weighted by Gasteiger charge is 2.35. The van der Waals surface area contributed by atoms with Crippen LogP contribution in [-0.4, -0.2) is 29.4 Å². The minimum Gasteiger partial charge on any atom is -0.369 e. The molecule has 31 heavy (non-hydrogen) atoms. The number of carbonyl (C=O) groups excluding carboxylic acids is 2. The molecule has 5 nitrogen and oxygen atoms in total. The first-order valence-electron chi connectivity index (χ1n) is 10.2. The lowest BCUT2D eigenvalue weighted by molar-refractivity contribution is -0.123. The molecule has 3 amide bonds. The second-order valence-electron chi connectivity index (χ2n) is 8.91. The molecular weight excluding hydrogens is 433 g/mol. The summed E-state index contributed by atoms with van der Waals surface area (Å²) in [6, 6.07) is 10.7. The first kappa shape index (κ1) is 21.7. The van der Waals surface area contributed by atoms with Crippen molar-refractivity contribution < 1.29 is 9.59 Å². The van der Waals surface area contributed by atoms with E-state index in [2.05, 4.69) is 50.2 Å². The maximum Gasteiger partial charge on any atom is 0.329 e. The molecule has 7 heteroatoms. The van der Waals surface area contributed by atoms with Crippen LogP contribution in [-0.2, 0) is 11.3 Å². The van der Waals surface area contributed by atoms with Crippen molar-refractivity contribution in [3.63, 3.8) is 0 Å². The van der Waals surface area contributed by atoms with E-state index in [0.29, 0.717) is 21.5 Å². The van der Waals surface area contributed by atoms with Crippen LogP contribution < -0.4 is 10.2 Å². The first-order valence-corrected chi connectivity index (χ1v) is 11.0. The Hall–Kier alpha value is -2.50. The van der Waals surface area contributed by atoms with Gasteiger partial charge in [-0.25, -0.2) is 4.79 Å². The molecule has 1 fully saturated rings. The largest absolute Gasteiger partial charge is 0.369 e. The van der Waals surface area contributed by atoms with Crippen molar-refractivity contribution in [3.05, 3.63) is 68.8 Å². The lowest BCUT2D eigenvalue weighted by Gasteiger charge is -2.45. The second-order valence-corrected chi connectivity index (χ2v) is 9.75. The van der Waals surface area contributed by atoms with Crippen molar-refractivity contribution in [3.8, 4) is 0 Å². The smallest absolute Gasteiger partial charge is 0.329 e. The molecule has 0 aromatic heterocycles. The van der Waals surface area contributed by atoms with Crippen LogP contribution in [0, 0.1) is 0 Å². The average Bonchev–Trinajstić information content (AvgIpc) is 2.95. The molecule has 0 saturated carbocycles. The molecule has 4 rings (SSSR count). The minimum absolute atomic E-state index is 0.0824. The van der Waals surface area contributed by atoms with E-state index in [1.807, 2.05) is 6.07 Å². The molecule has 2 aliphatic rings. The predicted molar refractivity (Wildman–Crippen MR) is 125 cm³/mol. The van der Waals surface area contributed by atoms with Gasteiger partial charge in [0, 0.05) is 28.3 Å². The van der Waals surface area contributed by atoms with Gasteiger partial charge in [0.15, 0.2) is 0 Å². The van der Waals surface area contributed by atoms with E-state index < -0.39 is 6.03 Å². The van der Waals surface area contributed by atoms with Gasteiger partial charge in [0.2, 0.25) is 0 Å². The fraction of sp³-hybridized carbons (Fsp3) is 0.333. The number of benzene rings is 2. The van der Waals surface area contributed by atoms with Gasteiger partial charge >= 0.3 is 6.03 Å². The standard InChI is InChI=1S/C24H25Cl2N3O2/c1-14-12-24(2,3)28(4)21-8-5-15(9-18(14)21)10-20-22(30)29(23(31)27-20)13-16-6-7-17(25)11-19(16)26/h5-11,14H,12-13H2,1-4H3,(H,27,31)/b20-10+. The quantitative estimate of drug-likeness (QED) is 0.467. The zero-order chi connectivity index (χ0) is 22.5. The van der Waals surface area contributed by atoms with E-state index in [1.54, 1.807) is 24.3 Å². The van der Waals surface area contributed by atoms with Gasteiger partial charge in [-0.05, 0) is 73.2 Å². The number of fused-ring (bicyclic) bond motifs is 1. The van der Waals surface area contributed by atoms with E-state index in [-0.39, 0.29) is 23.7 Å². The molecule has 1 atom stereocenters. The summed E-state index contributed by atoms with van der Waals surface area (Å²) in [4.78, 5) is 28.8. The Morgan fingerprint density at radius 1 is 1.16 bits per heavy atom. The lowest BCUT2D eigenvalue weighted by atomic mass is 9.80. The van der Waals surface area contributed by atoms with E-state index in [1.165, 1.54) is 11.3 Å². The number of rotatable bonds is 3. The van der Waals surface area contributed by atoms with E-state index in [9.17, 15) is 9.59 Å². The monoisotopic (exact) mass is 457 g/mol. The summed E-state index contributed by atoms with van der Waals surface area (Å²) in [5.41, 5.74) is 4.33. The topological polar surface area (TPSA) is 52.7 Å². The average molecular weight is 458 g/mol. The molecule has 2 heterocycles. The van der Waals surface area contributed by atoms with Gasteiger partial charge in [0.05, 0.1) is 6.54 Å². The van der Waals surface area contributed by atoms with Gasteiger partial charge in [0.25, 0.3) is 5.91 Å². The van der Waals surface area contributed by atoms with Gasteiger partial charge in [0.1, 0.15) is 5.70 Å². The number of hydrogen-bond donors (Lipinski definition) is 1. The van der Waals surface area contributed by atoms with Crippen LogP contribution in [0.2, 0.25) is 10.0 Å². The van der Waals surface area contributed by atoms with Gasteiger partial charge < -0.3 is 10.2 Å². The Bertz CT molecular complexity index is 1110. The number of nitrogens with one attached hydrogen (secondary N) is 1. The second kappa shape index (κ2) is 7.88. The zero-order valence-electron chi connectivity index (χ0n) is 18.0. The SMILES string of the molecule is CC1CC(C)(C)N(C)c2ccc(/C=C3/NC(=O)N(Cc4ccc(Cl)cc4Cl)C3=O)cc21. The zero-order valence-corrected chi connectivity index (χ0v) is 19.5. The molecule has 1 unspecified atom stereocenters. The summed E-state index contributed by atoms with van der Waals surface area (Å²) in [5.74, 6) is 0.0250. The molecule has 1 saturated heterocycles. The third kappa shape index (κ3) is 4.04. The van der Waals surface area contributed by atoms with Gasteiger partial charge in [-0.3, -0.25) is 9.69 Å². The Labute approximate surface area is 192 Å². The highest BCUT2D eigenvalue weighted by molar-refractivity contribution is 6.35. The van der Waals surface area contributed by atoms with Gasteiger partial charge in [-0.15, -0.1) is 0 Å². The van der Waals surface area contributed by atoms with Gasteiger partial charge in [-0.2, -0.15) is 0 Å². The molecule has 162 valence electrons. The summed E-state index contributed by atoms with van der Waals surface area (Å²) in [5, 5.41) is 3.61. The number of imide groups is 1. The fourth-order valence-electron chi connectivity index (χ4n) is 4.39. The fourth-order valence-corrected chi connectivity index (χ4v) is 4.86. The number of hydrogen-bond acceptors (Lipinski definition) is 3. The van der Waals surface area contributed by atoms with Gasteiger partial charge in [-0.1, -0.05) is 42.3 Å². The number of carbonyl (C=O) groups is 2. The third-order valence-electron chi connectivity index (χ3n) is 6.27. The molecular formula is C24H25Cl2N3O2. The summed E-state index contributed by atoms with van der Waals surface area (Å²) in [6.45, 7) is 6.80. The van der Waals surface area contributed by atoms with Crippen molar-refractivity contribution in [1.29, 1.82) is 0 Å². The number of halogens is 2. The molecule has 2 aromatic carbocycles. The van der Waals surface area contributed by atoms with Crippen molar-refractivity contribution in [1.82, 2.24) is 10.2 Å². The molecule has 2 aromatic rings. The van der Waals surface area contributed by atoms with Crippen LogP contribution >= 0.6 is 23.2 Å². The molecule has 0 radical (unpaired) electrons. The Kier molecular flexibility index (Phi) is 5.52. The molecule has 0 spiro atoms. The number of nitrogens with zero attached hydrogens (tertiary/aromatic N) is 2. The number of anilines is 1. The van der Waals surface area contributed by atoms with Crippen LogP contribution in [0.4, 0.5) is 10.5 Å². The minimum atomic E-state index is -0.463. The maximum atomic E-state index is 12.9. The Morgan fingerprint density at radius 3 is 2.61 bits per heavy atom. The van der Waals surface area contributed by atoms with Crippen molar-refractivity contribution in [2.24, 2.45) is 0 Å². The highest BCUT2D eigenvalue weighted by Crippen LogP contribution is 2.42. The number of urea groups is 1. The van der Waals surface area contributed by atoms with E-state index in [0.717, 1.165) is 16.9 Å². The molecule has 1 N–H and O–H groups in total. The summed E-state index contributed by atoms with van der Waals surface area (Å²) in [6.07, 6.45) is 2.78. The van der Waals surface area contributed by atoms with Crippen LogP contribution in [0.3, 0.4) is 0 Å². The molecule has 0 bridgehead atoms. The van der Waals surface area contributed by atoms with Crippen LogP contribution in [0.25, 0.3) is 6.08 Å². The first-order chi connectivity index (χ1) is 14.6. The molecule has 0 aliphatic carbocycles. The Morgan fingerprint density at radius 2 is 1.90 bits per heavy atom.